The lowest BCUT2D eigenvalue weighted by Gasteiger charge is -2.40. The molecule has 1 heterocycles. The number of hydrogen-bond donors (Lipinski definition) is 1. The van der Waals surface area contributed by atoms with Crippen LogP contribution in [0.15, 0.2) is 18.2 Å². The minimum atomic E-state index is -0.320. The van der Waals surface area contributed by atoms with Crippen molar-refractivity contribution in [2.75, 3.05) is 26.1 Å². The molecule has 1 N–H and O–H groups in total. The Morgan fingerprint density at radius 2 is 1.78 bits per heavy atom. The number of benzene rings is 1. The average Bonchev–Trinajstić information content (AvgIpc) is 3.05. The summed E-state index contributed by atoms with van der Waals surface area (Å²) in [5, 5.41) is 2.92. The molecule has 1 saturated heterocycles. The Morgan fingerprint density at radius 3 is 2.41 bits per heavy atom. The Bertz CT molecular complexity index is 683. The third-order valence-corrected chi connectivity index (χ3v) is 6.21. The fourth-order valence-corrected chi connectivity index (χ4v) is 4.35. The molecule has 3 rings (SSSR count). The summed E-state index contributed by atoms with van der Waals surface area (Å²) >= 11 is 0. The molecule has 2 amide bonds. The molecule has 2 aliphatic rings. The molecule has 27 heavy (non-hydrogen) atoms. The van der Waals surface area contributed by atoms with Gasteiger partial charge in [0.05, 0.1) is 20.1 Å². The van der Waals surface area contributed by atoms with Gasteiger partial charge in [-0.3, -0.25) is 9.59 Å². The number of anilines is 1. The van der Waals surface area contributed by atoms with Crippen LogP contribution in [-0.4, -0.2) is 43.5 Å². The molecule has 1 aliphatic carbocycles. The van der Waals surface area contributed by atoms with E-state index in [4.69, 9.17) is 9.47 Å². The molecule has 1 aromatic rings. The van der Waals surface area contributed by atoms with Gasteiger partial charge in [-0.25, -0.2) is 0 Å². The van der Waals surface area contributed by atoms with Gasteiger partial charge in [0, 0.05) is 42.9 Å². The maximum Gasteiger partial charge on any atom is 0.229 e. The molecule has 6 nitrogen and oxygen atoms in total. The maximum atomic E-state index is 12.8. The molecular formula is C21H30N2O4. The van der Waals surface area contributed by atoms with Crippen molar-refractivity contribution >= 4 is 17.5 Å². The lowest BCUT2D eigenvalue weighted by atomic mass is 9.77. The van der Waals surface area contributed by atoms with E-state index in [9.17, 15) is 9.59 Å². The molecule has 6 heteroatoms. The monoisotopic (exact) mass is 374 g/mol. The predicted molar refractivity (Wildman–Crippen MR) is 104 cm³/mol. The zero-order chi connectivity index (χ0) is 19.6. The number of amides is 2. The molecule has 0 radical (unpaired) electrons. The van der Waals surface area contributed by atoms with Crippen LogP contribution in [0, 0.1) is 17.8 Å². The molecule has 148 valence electrons. The molecular weight excluding hydrogens is 344 g/mol. The van der Waals surface area contributed by atoms with E-state index in [1.54, 1.807) is 32.4 Å². The maximum absolute atomic E-state index is 12.8. The van der Waals surface area contributed by atoms with Crippen LogP contribution < -0.4 is 14.8 Å². The van der Waals surface area contributed by atoms with Crippen molar-refractivity contribution in [2.24, 2.45) is 17.8 Å². The van der Waals surface area contributed by atoms with Gasteiger partial charge in [0.25, 0.3) is 0 Å². The van der Waals surface area contributed by atoms with Gasteiger partial charge in [-0.1, -0.05) is 26.7 Å². The fraction of sp³-hybridized carbons (Fsp3) is 0.619. The number of carbonyl (C=O) groups excluding carboxylic acids is 2. The van der Waals surface area contributed by atoms with Crippen molar-refractivity contribution in [3.05, 3.63) is 18.2 Å². The van der Waals surface area contributed by atoms with Crippen molar-refractivity contribution in [1.82, 2.24) is 4.90 Å². The van der Waals surface area contributed by atoms with E-state index in [1.165, 1.54) is 6.42 Å². The molecule has 0 spiro atoms. The number of nitrogens with one attached hydrogen (secondary N) is 1. The first kappa shape index (κ1) is 19.5. The minimum absolute atomic E-state index is 0.101. The van der Waals surface area contributed by atoms with Crippen molar-refractivity contribution in [2.45, 2.75) is 45.6 Å². The third kappa shape index (κ3) is 4.20. The Labute approximate surface area is 161 Å². The summed E-state index contributed by atoms with van der Waals surface area (Å²) in [5.74, 6) is 1.97. The number of methoxy groups -OCH3 is 2. The molecule has 4 atom stereocenters. The van der Waals surface area contributed by atoms with E-state index in [2.05, 4.69) is 19.2 Å². The van der Waals surface area contributed by atoms with Gasteiger partial charge in [0.2, 0.25) is 11.8 Å². The second-order valence-electron chi connectivity index (χ2n) is 7.87. The molecule has 2 fully saturated rings. The second-order valence-corrected chi connectivity index (χ2v) is 7.87. The zero-order valence-electron chi connectivity index (χ0n) is 16.7. The average molecular weight is 374 g/mol. The topological polar surface area (TPSA) is 67.9 Å². The summed E-state index contributed by atoms with van der Waals surface area (Å²) in [6, 6.07) is 5.51. The van der Waals surface area contributed by atoms with Gasteiger partial charge >= 0.3 is 0 Å². The predicted octanol–water partition coefficient (Wildman–Crippen LogP) is 3.32. The summed E-state index contributed by atoms with van der Waals surface area (Å²) in [5.41, 5.74) is 0.613. The quantitative estimate of drug-likeness (QED) is 0.859. The number of hydrogen-bond acceptors (Lipinski definition) is 4. The standard InChI is InChI=1S/C21H30N2O4/c1-13-6-5-7-19(14(13)2)23-12-15(8-20(23)24)21(25)22-16-9-17(26-3)11-18(10-16)27-4/h9-11,13-15,19H,5-8,12H2,1-4H3,(H,22,25)/t13-,14-,15-,19-/m1/s1. The largest absolute Gasteiger partial charge is 0.497 e. The first-order chi connectivity index (χ1) is 12.9. The molecule has 0 unspecified atom stereocenters. The van der Waals surface area contributed by atoms with Crippen molar-refractivity contribution < 1.29 is 19.1 Å². The number of carbonyl (C=O) groups is 2. The molecule has 1 aromatic carbocycles. The highest BCUT2D eigenvalue weighted by Gasteiger charge is 2.41. The lowest BCUT2D eigenvalue weighted by molar-refractivity contribution is -0.131. The molecule has 0 aromatic heterocycles. The van der Waals surface area contributed by atoms with Crippen LogP contribution in [0.3, 0.4) is 0 Å². The number of rotatable bonds is 5. The van der Waals surface area contributed by atoms with Gasteiger partial charge in [0.1, 0.15) is 11.5 Å². The summed E-state index contributed by atoms with van der Waals surface area (Å²) < 4.78 is 10.5. The van der Waals surface area contributed by atoms with Crippen LogP contribution in [0.25, 0.3) is 0 Å². The van der Waals surface area contributed by atoms with Gasteiger partial charge in [-0.2, -0.15) is 0 Å². The summed E-state index contributed by atoms with van der Waals surface area (Å²) in [7, 11) is 3.14. The van der Waals surface area contributed by atoms with E-state index in [-0.39, 0.29) is 30.2 Å². The molecule has 1 saturated carbocycles. The number of nitrogens with zero attached hydrogens (tertiary/aromatic N) is 1. The van der Waals surface area contributed by atoms with E-state index >= 15 is 0 Å². The van der Waals surface area contributed by atoms with Crippen molar-refractivity contribution in [1.29, 1.82) is 0 Å². The smallest absolute Gasteiger partial charge is 0.229 e. The van der Waals surface area contributed by atoms with E-state index in [0.717, 1.165) is 12.8 Å². The first-order valence-corrected chi connectivity index (χ1v) is 9.76. The SMILES string of the molecule is COc1cc(NC(=O)[C@@H]2CC(=O)N([C@@H]3CCC[C@@H](C)[C@H]3C)C2)cc(OC)c1. The Kier molecular flexibility index (Phi) is 5.92. The highest BCUT2D eigenvalue weighted by molar-refractivity contribution is 5.97. The Balaban J connectivity index is 1.67. The van der Waals surface area contributed by atoms with E-state index < -0.39 is 0 Å². The highest BCUT2D eigenvalue weighted by atomic mass is 16.5. The van der Waals surface area contributed by atoms with Gasteiger partial charge in [-0.05, 0) is 18.3 Å². The van der Waals surface area contributed by atoms with Gasteiger partial charge in [-0.15, -0.1) is 0 Å². The Hall–Kier alpha value is -2.24. The lowest BCUT2D eigenvalue weighted by Crippen LogP contribution is -2.45. The summed E-state index contributed by atoms with van der Waals surface area (Å²) in [4.78, 5) is 27.3. The molecule has 0 bridgehead atoms. The van der Waals surface area contributed by atoms with Crippen LogP contribution in [0.1, 0.15) is 39.5 Å². The molecule has 1 aliphatic heterocycles. The zero-order valence-corrected chi connectivity index (χ0v) is 16.7. The third-order valence-electron chi connectivity index (χ3n) is 6.21. The number of ether oxygens (including phenoxy) is 2. The summed E-state index contributed by atoms with van der Waals surface area (Å²) in [6.45, 7) is 5.00. The van der Waals surface area contributed by atoms with Crippen molar-refractivity contribution in [3.8, 4) is 11.5 Å². The second kappa shape index (κ2) is 8.19. The fourth-order valence-electron chi connectivity index (χ4n) is 4.35. The van der Waals surface area contributed by atoms with Crippen LogP contribution in [-0.2, 0) is 9.59 Å². The highest BCUT2D eigenvalue weighted by Crippen LogP contribution is 2.36. The van der Waals surface area contributed by atoms with Gasteiger partial charge < -0.3 is 19.7 Å². The van der Waals surface area contributed by atoms with E-state index in [0.29, 0.717) is 35.6 Å². The van der Waals surface area contributed by atoms with Crippen LogP contribution in [0.5, 0.6) is 11.5 Å². The first-order valence-electron chi connectivity index (χ1n) is 9.76. The summed E-state index contributed by atoms with van der Waals surface area (Å²) in [6.07, 6.45) is 3.70. The minimum Gasteiger partial charge on any atom is -0.497 e. The normalized spacial score (nSPS) is 28.1. The van der Waals surface area contributed by atoms with Crippen LogP contribution >= 0.6 is 0 Å². The van der Waals surface area contributed by atoms with Crippen molar-refractivity contribution in [3.63, 3.8) is 0 Å². The van der Waals surface area contributed by atoms with Crippen LogP contribution in [0.2, 0.25) is 0 Å². The van der Waals surface area contributed by atoms with Gasteiger partial charge in [0.15, 0.2) is 0 Å². The Morgan fingerprint density at radius 1 is 1.11 bits per heavy atom. The van der Waals surface area contributed by atoms with Crippen LogP contribution in [0.4, 0.5) is 5.69 Å². The van der Waals surface area contributed by atoms with E-state index in [1.807, 2.05) is 4.90 Å². The number of likely N-dealkylation sites (tertiary alicyclic amines) is 1.